The largest absolute Gasteiger partial charge is 0.507 e. The molecule has 4 aromatic rings. The summed E-state index contributed by atoms with van der Waals surface area (Å²) in [5.74, 6) is 0.0434. The molecule has 0 bridgehead atoms. The molecule has 0 aliphatic heterocycles. The van der Waals surface area contributed by atoms with Gasteiger partial charge >= 0.3 is 0 Å². The van der Waals surface area contributed by atoms with Crippen LogP contribution in [0.4, 0.5) is 0 Å². The van der Waals surface area contributed by atoms with Crippen molar-refractivity contribution in [3.05, 3.63) is 74.3 Å². The normalized spacial score (nSPS) is 11.3. The summed E-state index contributed by atoms with van der Waals surface area (Å²) in [6.07, 6.45) is 1.48. The minimum atomic E-state index is -0.298. The third-order valence-corrected chi connectivity index (χ3v) is 5.23. The molecule has 27 heavy (non-hydrogen) atoms. The van der Waals surface area contributed by atoms with Gasteiger partial charge in [0.05, 0.1) is 15.6 Å². The Labute approximate surface area is 164 Å². The van der Waals surface area contributed by atoms with Crippen LogP contribution in [0.2, 0.25) is 10.0 Å². The van der Waals surface area contributed by atoms with Crippen LogP contribution < -0.4 is 5.56 Å². The van der Waals surface area contributed by atoms with E-state index in [9.17, 15) is 9.90 Å². The number of hydrogen-bond acceptors (Lipinski definition) is 3. The molecule has 7 heteroatoms. The van der Waals surface area contributed by atoms with Gasteiger partial charge in [-0.1, -0.05) is 41.4 Å². The molecule has 0 aliphatic carbocycles. The van der Waals surface area contributed by atoms with Crippen LogP contribution in [0.25, 0.3) is 27.9 Å². The highest BCUT2D eigenvalue weighted by Crippen LogP contribution is 2.33. The number of H-pyrrole nitrogens is 1. The number of aromatic amines is 1. The van der Waals surface area contributed by atoms with E-state index in [2.05, 4.69) is 10.1 Å². The Morgan fingerprint density at radius 1 is 1.04 bits per heavy atom. The molecule has 0 unspecified atom stereocenters. The fourth-order valence-corrected chi connectivity index (χ4v) is 3.48. The second-order valence-corrected chi connectivity index (χ2v) is 7.21. The van der Waals surface area contributed by atoms with E-state index in [1.165, 1.54) is 10.7 Å². The predicted octanol–water partition coefficient (Wildman–Crippen LogP) is 4.99. The molecule has 4 rings (SSSR count). The molecule has 0 fully saturated rings. The second-order valence-electron chi connectivity index (χ2n) is 6.40. The highest BCUT2D eigenvalue weighted by atomic mass is 35.5. The molecular formula is C20H15Cl2N3O2. The van der Waals surface area contributed by atoms with Crippen molar-refractivity contribution in [3.8, 4) is 28.0 Å². The maximum absolute atomic E-state index is 13.0. The van der Waals surface area contributed by atoms with Crippen molar-refractivity contribution < 1.29 is 5.11 Å². The maximum Gasteiger partial charge on any atom is 0.280 e. The van der Waals surface area contributed by atoms with Gasteiger partial charge < -0.3 is 5.11 Å². The number of phenolic OH excluding ortho intramolecular Hbond substituents is 1. The van der Waals surface area contributed by atoms with Crippen LogP contribution in [0.1, 0.15) is 11.3 Å². The van der Waals surface area contributed by atoms with Crippen LogP contribution in [0.15, 0.2) is 47.4 Å². The number of halogens is 2. The van der Waals surface area contributed by atoms with Crippen LogP contribution >= 0.6 is 23.2 Å². The smallest absolute Gasteiger partial charge is 0.280 e. The molecule has 2 aromatic heterocycles. The first-order chi connectivity index (χ1) is 12.9. The molecule has 0 radical (unpaired) electrons. The highest BCUT2D eigenvalue weighted by Gasteiger charge is 2.18. The van der Waals surface area contributed by atoms with E-state index in [0.717, 1.165) is 22.4 Å². The van der Waals surface area contributed by atoms with E-state index in [0.29, 0.717) is 26.8 Å². The molecule has 2 N–H and O–H groups in total. The lowest BCUT2D eigenvalue weighted by molar-refractivity contribution is 0.477. The first-order valence-corrected chi connectivity index (χ1v) is 8.98. The summed E-state index contributed by atoms with van der Waals surface area (Å²) in [6.45, 7) is 3.73. The number of phenols is 1. The quantitative estimate of drug-likeness (QED) is 0.498. The second kappa shape index (κ2) is 6.44. The van der Waals surface area contributed by atoms with Gasteiger partial charge in [0.25, 0.3) is 5.56 Å². The van der Waals surface area contributed by atoms with E-state index in [1.807, 2.05) is 26.0 Å². The predicted molar refractivity (Wildman–Crippen MR) is 108 cm³/mol. The zero-order valence-corrected chi connectivity index (χ0v) is 16.1. The van der Waals surface area contributed by atoms with Gasteiger partial charge in [-0.05, 0) is 43.2 Å². The van der Waals surface area contributed by atoms with Gasteiger partial charge in [-0.2, -0.15) is 0 Å². The van der Waals surface area contributed by atoms with Crippen molar-refractivity contribution in [1.29, 1.82) is 0 Å². The molecule has 0 aliphatic rings. The van der Waals surface area contributed by atoms with Gasteiger partial charge in [-0.3, -0.25) is 9.89 Å². The molecule has 2 aromatic carbocycles. The maximum atomic E-state index is 13.0. The fourth-order valence-electron chi connectivity index (χ4n) is 3.18. The molecule has 2 heterocycles. The molecule has 0 spiro atoms. The van der Waals surface area contributed by atoms with E-state index >= 15 is 0 Å². The van der Waals surface area contributed by atoms with Gasteiger partial charge in [0.15, 0.2) is 5.65 Å². The van der Waals surface area contributed by atoms with Crippen LogP contribution in [0, 0.1) is 13.8 Å². The van der Waals surface area contributed by atoms with Gasteiger partial charge in [-0.25, -0.2) is 9.50 Å². The third kappa shape index (κ3) is 2.89. The van der Waals surface area contributed by atoms with Crippen molar-refractivity contribution >= 4 is 28.8 Å². The van der Waals surface area contributed by atoms with Crippen molar-refractivity contribution in [2.75, 3.05) is 0 Å². The average Bonchev–Trinajstić information content (AvgIpc) is 2.96. The topological polar surface area (TPSA) is 70.4 Å². The van der Waals surface area contributed by atoms with Crippen LogP contribution in [0.3, 0.4) is 0 Å². The summed E-state index contributed by atoms with van der Waals surface area (Å²) in [4.78, 5) is 17.5. The van der Waals surface area contributed by atoms with Gasteiger partial charge in [0.1, 0.15) is 5.75 Å². The number of aromatic nitrogens is 3. The number of benzene rings is 2. The highest BCUT2D eigenvalue weighted by molar-refractivity contribution is 6.42. The first-order valence-electron chi connectivity index (χ1n) is 8.22. The third-order valence-electron chi connectivity index (χ3n) is 4.49. The molecular weight excluding hydrogens is 385 g/mol. The van der Waals surface area contributed by atoms with E-state index in [-0.39, 0.29) is 11.3 Å². The Morgan fingerprint density at radius 3 is 2.52 bits per heavy atom. The monoisotopic (exact) mass is 399 g/mol. The fraction of sp³-hybridized carbons (Fsp3) is 0.100. The summed E-state index contributed by atoms with van der Waals surface area (Å²) in [7, 11) is 0. The zero-order chi connectivity index (χ0) is 19.3. The van der Waals surface area contributed by atoms with Crippen LogP contribution in [0.5, 0.6) is 5.75 Å². The standard InChI is InChI=1S/C20H15Cl2N3O2/c1-10-3-5-13(17(26)7-10)14-9-23-19-18(11(2)24-25(19)20(14)27)12-4-6-15(21)16(22)8-12/h3-9,24,26H,1-2H3. The molecule has 5 nitrogen and oxygen atoms in total. The molecule has 0 atom stereocenters. The Morgan fingerprint density at radius 2 is 1.81 bits per heavy atom. The number of fused-ring (bicyclic) bond motifs is 1. The summed E-state index contributed by atoms with van der Waals surface area (Å²) in [6, 6.07) is 10.4. The lowest BCUT2D eigenvalue weighted by Gasteiger charge is -2.06. The SMILES string of the molecule is Cc1ccc(-c2cnc3c(-c4ccc(Cl)c(Cl)c4)c(C)[nH]n3c2=O)c(O)c1. The molecule has 136 valence electrons. The minimum Gasteiger partial charge on any atom is -0.507 e. The van der Waals surface area contributed by atoms with Crippen molar-refractivity contribution in [3.63, 3.8) is 0 Å². The molecule has 0 amide bonds. The Bertz CT molecular complexity index is 1260. The lowest BCUT2D eigenvalue weighted by atomic mass is 10.0. The Hall–Kier alpha value is -2.76. The van der Waals surface area contributed by atoms with Crippen molar-refractivity contribution in [2.24, 2.45) is 0 Å². The van der Waals surface area contributed by atoms with Gasteiger partial charge in [-0.15, -0.1) is 0 Å². The number of aryl methyl sites for hydroxylation is 2. The number of nitrogens with zero attached hydrogens (tertiary/aromatic N) is 2. The van der Waals surface area contributed by atoms with Crippen molar-refractivity contribution in [1.82, 2.24) is 14.6 Å². The average molecular weight is 400 g/mol. The molecule has 0 saturated carbocycles. The number of aromatic hydroxyl groups is 1. The van der Waals surface area contributed by atoms with Crippen LogP contribution in [-0.4, -0.2) is 19.7 Å². The van der Waals surface area contributed by atoms with Crippen LogP contribution in [-0.2, 0) is 0 Å². The number of rotatable bonds is 2. The Kier molecular flexibility index (Phi) is 4.21. The van der Waals surface area contributed by atoms with E-state index in [4.69, 9.17) is 23.2 Å². The molecule has 0 saturated heterocycles. The number of hydrogen-bond donors (Lipinski definition) is 2. The Balaban J connectivity index is 1.96. The zero-order valence-electron chi connectivity index (χ0n) is 14.5. The van der Waals surface area contributed by atoms with Gasteiger partial charge in [0.2, 0.25) is 0 Å². The first kappa shape index (κ1) is 17.6. The number of nitrogens with one attached hydrogen (secondary N) is 1. The minimum absolute atomic E-state index is 0.0434. The van der Waals surface area contributed by atoms with E-state index < -0.39 is 0 Å². The summed E-state index contributed by atoms with van der Waals surface area (Å²) >= 11 is 12.1. The summed E-state index contributed by atoms with van der Waals surface area (Å²) < 4.78 is 1.38. The van der Waals surface area contributed by atoms with Crippen molar-refractivity contribution in [2.45, 2.75) is 13.8 Å². The summed E-state index contributed by atoms with van der Waals surface area (Å²) in [5.41, 5.74) is 4.18. The summed E-state index contributed by atoms with van der Waals surface area (Å²) in [5, 5.41) is 14.2. The van der Waals surface area contributed by atoms with E-state index in [1.54, 1.807) is 24.3 Å². The van der Waals surface area contributed by atoms with Gasteiger partial charge in [0, 0.05) is 23.0 Å². The lowest BCUT2D eigenvalue weighted by Crippen LogP contribution is -2.17.